The van der Waals surface area contributed by atoms with Crippen molar-refractivity contribution in [3.8, 4) is 23.0 Å². The van der Waals surface area contributed by atoms with Crippen molar-refractivity contribution >= 4 is 39.8 Å². The van der Waals surface area contributed by atoms with E-state index in [1.165, 1.54) is 43.5 Å². The molecule has 3 aromatic carbocycles. The summed E-state index contributed by atoms with van der Waals surface area (Å²) in [7, 11) is 1.51. The second-order valence-corrected chi connectivity index (χ2v) is 11.1. The number of thiocarbonyl (C=S) groups is 1. The van der Waals surface area contributed by atoms with Crippen molar-refractivity contribution in [2.24, 2.45) is 0 Å². The Bertz CT molecular complexity index is 1650. The number of hydrogen-bond donors (Lipinski definition) is 4. The van der Waals surface area contributed by atoms with Gasteiger partial charge in [0.05, 0.1) is 25.2 Å². The molecule has 1 aliphatic rings. The molecule has 2 atom stereocenters. The van der Waals surface area contributed by atoms with E-state index in [0.29, 0.717) is 45.8 Å². The van der Waals surface area contributed by atoms with Crippen molar-refractivity contribution in [2.75, 3.05) is 25.6 Å². The predicted octanol–water partition coefficient (Wildman–Crippen LogP) is 5.64. The molecule has 0 aliphatic carbocycles. The minimum Gasteiger partial charge on any atom is -0.493 e. The van der Waals surface area contributed by atoms with E-state index >= 15 is 4.39 Å². The molecule has 0 bridgehead atoms. The van der Waals surface area contributed by atoms with Crippen molar-refractivity contribution in [1.29, 1.82) is 0 Å². The number of piperidine rings is 1. The van der Waals surface area contributed by atoms with E-state index in [0.717, 1.165) is 25.8 Å². The number of aliphatic hydroxyl groups excluding tert-OH is 1. The Kier molecular flexibility index (Phi) is 10.7. The third-order valence-electron chi connectivity index (χ3n) is 7.33. The molecule has 0 saturated carbocycles. The molecular formula is C33H34F2N4O5S. The number of aliphatic hydroxyl groups is 1. The fourth-order valence-corrected chi connectivity index (χ4v) is 5.33. The van der Waals surface area contributed by atoms with Gasteiger partial charge in [-0.25, -0.2) is 8.78 Å². The number of fused-ring (bicyclic) bond motifs is 1. The molecule has 1 saturated heterocycles. The molecule has 0 radical (unpaired) electrons. The fourth-order valence-electron chi connectivity index (χ4n) is 5.10. The number of halogens is 2. The molecule has 1 amide bonds. The van der Waals surface area contributed by atoms with Gasteiger partial charge in [-0.3, -0.25) is 9.78 Å². The van der Waals surface area contributed by atoms with Gasteiger partial charge in [-0.2, -0.15) is 0 Å². The summed E-state index contributed by atoms with van der Waals surface area (Å²) in [6.45, 7) is 1.07. The zero-order valence-corrected chi connectivity index (χ0v) is 25.5. The second kappa shape index (κ2) is 15.1. The second-order valence-electron chi connectivity index (χ2n) is 10.7. The third kappa shape index (κ3) is 8.84. The highest BCUT2D eigenvalue weighted by atomic mass is 32.1. The Labute approximate surface area is 264 Å². The van der Waals surface area contributed by atoms with Crippen LogP contribution < -0.4 is 30.2 Å². The van der Waals surface area contributed by atoms with Crippen LogP contribution in [0.2, 0.25) is 0 Å². The number of benzene rings is 3. The minimum atomic E-state index is -0.668. The number of anilines is 1. The summed E-state index contributed by atoms with van der Waals surface area (Å²) in [5.74, 6) is -0.322. The van der Waals surface area contributed by atoms with Crippen molar-refractivity contribution in [2.45, 2.75) is 44.2 Å². The Morgan fingerprint density at radius 2 is 1.89 bits per heavy atom. The standard InChI is InChI=1S/C33H34F2N4O5S/c1-42-30-17-25-27(18-31(30)43-19-24(40)15-22-4-2-3-12-36-22)37-13-11-28(25)44-29-10-9-23(16-26(29)35)38-33(45)39-32(41)14-20-5-7-21(34)8-6-20/h5-11,13,16-18,22,24,36,40H,2-4,12,14-15,19H2,1H3,(H2,38,39,41,45). The highest BCUT2D eigenvalue weighted by Crippen LogP contribution is 2.38. The fraction of sp³-hybridized carbons (Fsp3) is 0.303. The van der Waals surface area contributed by atoms with E-state index in [-0.39, 0.29) is 29.9 Å². The van der Waals surface area contributed by atoms with Gasteiger partial charge in [-0.15, -0.1) is 0 Å². The SMILES string of the molecule is COc1cc2c(Oc3ccc(NC(=S)NC(=O)Cc4ccc(F)cc4)cc3F)ccnc2cc1OCC(O)CC1CCCCN1. The van der Waals surface area contributed by atoms with Gasteiger partial charge in [0.1, 0.15) is 18.2 Å². The molecule has 1 aromatic heterocycles. The van der Waals surface area contributed by atoms with Gasteiger partial charge in [0.15, 0.2) is 28.2 Å². The summed E-state index contributed by atoms with van der Waals surface area (Å²) in [6.07, 6.45) is 4.84. The maximum atomic E-state index is 15.1. The van der Waals surface area contributed by atoms with E-state index in [4.69, 9.17) is 26.4 Å². The average molecular weight is 637 g/mol. The number of amides is 1. The van der Waals surface area contributed by atoms with Crippen LogP contribution in [0.25, 0.3) is 10.9 Å². The number of carbonyl (C=O) groups is 1. The number of ether oxygens (including phenoxy) is 3. The number of nitrogens with zero attached hydrogens (tertiary/aromatic N) is 1. The van der Waals surface area contributed by atoms with Gasteiger partial charge in [-0.1, -0.05) is 18.6 Å². The van der Waals surface area contributed by atoms with Crippen LogP contribution in [0.3, 0.4) is 0 Å². The first-order valence-electron chi connectivity index (χ1n) is 14.6. The number of carbonyl (C=O) groups excluding carboxylic acids is 1. The Morgan fingerprint density at radius 3 is 2.62 bits per heavy atom. The normalized spacial score (nSPS) is 15.2. The van der Waals surface area contributed by atoms with Crippen molar-refractivity contribution in [3.05, 3.63) is 84.1 Å². The summed E-state index contributed by atoms with van der Waals surface area (Å²) >= 11 is 5.18. The monoisotopic (exact) mass is 636 g/mol. The largest absolute Gasteiger partial charge is 0.493 e. The number of rotatable bonds is 11. The molecular weight excluding hydrogens is 602 g/mol. The van der Waals surface area contributed by atoms with Gasteiger partial charge >= 0.3 is 0 Å². The lowest BCUT2D eigenvalue weighted by atomic mass is 9.99. The number of aromatic nitrogens is 1. The highest BCUT2D eigenvalue weighted by Gasteiger charge is 2.19. The molecule has 2 heterocycles. The first kappa shape index (κ1) is 32.0. The van der Waals surface area contributed by atoms with Crippen LogP contribution in [-0.2, 0) is 11.2 Å². The maximum Gasteiger partial charge on any atom is 0.230 e. The van der Waals surface area contributed by atoms with Crippen LogP contribution in [0.15, 0.2) is 66.9 Å². The van der Waals surface area contributed by atoms with E-state index < -0.39 is 23.6 Å². The van der Waals surface area contributed by atoms with Crippen LogP contribution in [0.1, 0.15) is 31.2 Å². The van der Waals surface area contributed by atoms with Gasteiger partial charge < -0.3 is 35.3 Å². The zero-order chi connectivity index (χ0) is 31.8. The first-order valence-corrected chi connectivity index (χ1v) is 15.0. The predicted molar refractivity (Wildman–Crippen MR) is 171 cm³/mol. The molecule has 2 unspecified atom stereocenters. The highest BCUT2D eigenvalue weighted by molar-refractivity contribution is 7.80. The van der Waals surface area contributed by atoms with Gasteiger partial charge in [0, 0.05) is 35.4 Å². The lowest BCUT2D eigenvalue weighted by molar-refractivity contribution is -0.119. The Balaban J connectivity index is 1.21. The number of hydrogen-bond acceptors (Lipinski definition) is 8. The molecule has 4 N–H and O–H groups in total. The topological polar surface area (TPSA) is 114 Å². The van der Waals surface area contributed by atoms with Gasteiger partial charge in [-0.05, 0) is 80.0 Å². The lowest BCUT2D eigenvalue weighted by Gasteiger charge is -2.25. The van der Waals surface area contributed by atoms with Crippen LogP contribution in [-0.4, -0.2) is 53.5 Å². The Hall–Kier alpha value is -4.39. The smallest absolute Gasteiger partial charge is 0.230 e. The molecule has 4 aromatic rings. The molecule has 45 heavy (non-hydrogen) atoms. The number of pyridine rings is 1. The summed E-state index contributed by atoms with van der Waals surface area (Å²) in [5.41, 5.74) is 1.46. The van der Waals surface area contributed by atoms with Crippen LogP contribution in [0.4, 0.5) is 14.5 Å². The van der Waals surface area contributed by atoms with Crippen molar-refractivity contribution in [1.82, 2.24) is 15.6 Å². The summed E-state index contributed by atoms with van der Waals surface area (Å²) in [4.78, 5) is 16.7. The van der Waals surface area contributed by atoms with E-state index in [9.17, 15) is 14.3 Å². The molecule has 9 nitrogen and oxygen atoms in total. The lowest BCUT2D eigenvalue weighted by Crippen LogP contribution is -2.38. The van der Waals surface area contributed by atoms with Crippen LogP contribution in [0, 0.1) is 11.6 Å². The zero-order valence-electron chi connectivity index (χ0n) is 24.6. The van der Waals surface area contributed by atoms with Crippen molar-refractivity contribution < 1.29 is 32.9 Å². The van der Waals surface area contributed by atoms with Crippen LogP contribution in [0.5, 0.6) is 23.0 Å². The van der Waals surface area contributed by atoms with Gasteiger partial charge in [0.2, 0.25) is 5.91 Å². The maximum absolute atomic E-state index is 15.1. The van der Waals surface area contributed by atoms with E-state index in [1.807, 2.05) is 0 Å². The molecule has 0 spiro atoms. The Morgan fingerprint density at radius 1 is 1.07 bits per heavy atom. The van der Waals surface area contributed by atoms with Crippen molar-refractivity contribution in [3.63, 3.8) is 0 Å². The summed E-state index contributed by atoms with van der Waals surface area (Å²) in [5, 5.41) is 19.8. The molecule has 5 rings (SSSR count). The quantitative estimate of drug-likeness (QED) is 0.155. The molecule has 12 heteroatoms. The van der Waals surface area contributed by atoms with E-state index in [1.54, 1.807) is 30.5 Å². The third-order valence-corrected chi connectivity index (χ3v) is 7.53. The molecule has 236 valence electrons. The minimum absolute atomic E-state index is 0.00161. The summed E-state index contributed by atoms with van der Waals surface area (Å²) < 4.78 is 45.6. The first-order chi connectivity index (χ1) is 21.8. The molecule has 1 fully saturated rings. The van der Waals surface area contributed by atoms with Gasteiger partial charge in [0.25, 0.3) is 0 Å². The number of methoxy groups -OCH3 is 1. The van der Waals surface area contributed by atoms with Crippen LogP contribution >= 0.6 is 12.2 Å². The van der Waals surface area contributed by atoms with E-state index in [2.05, 4.69) is 20.9 Å². The summed E-state index contributed by atoms with van der Waals surface area (Å²) in [6, 6.07) is 15.0. The number of nitrogens with one attached hydrogen (secondary N) is 3. The average Bonchev–Trinajstić information content (AvgIpc) is 3.02. The molecule has 1 aliphatic heterocycles.